The van der Waals surface area contributed by atoms with Crippen LogP contribution in [0, 0.1) is 35.5 Å². The van der Waals surface area contributed by atoms with E-state index in [1.54, 1.807) is 12.2 Å². The van der Waals surface area contributed by atoms with Crippen molar-refractivity contribution in [3.8, 4) is 0 Å². The lowest BCUT2D eigenvalue weighted by molar-refractivity contribution is -0.131. The Morgan fingerprint density at radius 1 is 0.537 bits per heavy atom. The summed E-state index contributed by atoms with van der Waals surface area (Å²) in [5, 5.41) is 21.0. The third-order valence-corrected chi connectivity index (χ3v) is 34.4. The molecule has 0 aliphatic carbocycles. The standard InChI is InChI=1S/C56H110O7Si4/c1-28-29-32-43(4)51(59)46(7)48(61-65(22,23)54(11,12)13)38-35-41(2)39-45(6)52(63-67(26,27)56(17,18)19)44(5)36-37-47(60-64(20,21)53(8,9)10)40-49(62-66(24,25)55(14,15)16)42(3)33-30-31-34-50(57)58/h28-34,36-37,41-49,51-52,59H,1,35,38-40H2,2-27H3,(H,57,58)/t41-,42+,43-,44-,45-,46-,47+,48-,49-,51-,52-/m0/s1. The van der Waals surface area contributed by atoms with E-state index in [0.717, 1.165) is 19.3 Å². The predicted octanol–water partition coefficient (Wildman–Crippen LogP) is 16.8. The maximum atomic E-state index is 11.6. The van der Waals surface area contributed by atoms with Crippen LogP contribution in [0.3, 0.4) is 0 Å². The van der Waals surface area contributed by atoms with Gasteiger partial charge >= 0.3 is 5.97 Å². The Hall–Kier alpha value is -1.16. The van der Waals surface area contributed by atoms with E-state index in [0.29, 0.717) is 12.3 Å². The van der Waals surface area contributed by atoms with E-state index in [2.05, 4.69) is 202 Å². The van der Waals surface area contributed by atoms with Crippen LogP contribution in [0.1, 0.15) is 150 Å². The van der Waals surface area contributed by atoms with E-state index in [1.165, 1.54) is 6.08 Å². The van der Waals surface area contributed by atoms with Crippen LogP contribution < -0.4 is 0 Å². The second-order valence-electron chi connectivity index (χ2n) is 26.7. The number of hydrogen-bond donors (Lipinski definition) is 2. The summed E-state index contributed by atoms with van der Waals surface area (Å²) in [5.74, 6) is -0.136. The Balaban J connectivity index is 7.20. The van der Waals surface area contributed by atoms with Gasteiger partial charge in [-0.05, 0) is 115 Å². The molecule has 0 rings (SSSR count). The van der Waals surface area contributed by atoms with Crippen molar-refractivity contribution in [3.63, 3.8) is 0 Å². The molecule has 0 spiro atoms. The molecule has 0 saturated carbocycles. The van der Waals surface area contributed by atoms with Crippen LogP contribution in [0.4, 0.5) is 0 Å². The molecule has 0 aliphatic rings. The van der Waals surface area contributed by atoms with E-state index in [4.69, 9.17) is 17.7 Å². The van der Waals surface area contributed by atoms with Crippen LogP contribution in [0.2, 0.25) is 72.5 Å². The van der Waals surface area contributed by atoms with E-state index < -0.39 is 45.3 Å². The van der Waals surface area contributed by atoms with Gasteiger partial charge in [-0.25, -0.2) is 4.79 Å². The molecule has 0 aromatic rings. The number of aliphatic hydroxyl groups is 1. The minimum atomic E-state index is -2.23. The summed E-state index contributed by atoms with van der Waals surface area (Å²) in [4.78, 5) is 11.3. The first kappa shape index (κ1) is 65.8. The predicted molar refractivity (Wildman–Crippen MR) is 302 cm³/mol. The molecular weight excluding hydrogens is 897 g/mol. The van der Waals surface area contributed by atoms with Crippen LogP contribution in [-0.4, -0.2) is 80.0 Å². The van der Waals surface area contributed by atoms with Crippen molar-refractivity contribution >= 4 is 39.2 Å². The van der Waals surface area contributed by atoms with Gasteiger partial charge < -0.3 is 27.9 Å². The summed E-state index contributed by atoms with van der Waals surface area (Å²) >= 11 is 0. The maximum absolute atomic E-state index is 11.6. The Labute approximate surface area is 420 Å². The fourth-order valence-electron chi connectivity index (χ4n) is 7.43. The van der Waals surface area contributed by atoms with Crippen LogP contribution >= 0.6 is 0 Å². The van der Waals surface area contributed by atoms with Crippen molar-refractivity contribution in [1.29, 1.82) is 0 Å². The summed E-state index contributed by atoms with van der Waals surface area (Å²) in [6.45, 7) is 63.6. The minimum Gasteiger partial charge on any atom is -0.478 e. The van der Waals surface area contributed by atoms with Crippen molar-refractivity contribution in [3.05, 3.63) is 61.3 Å². The molecule has 0 radical (unpaired) electrons. The number of carboxylic acid groups (broad SMARTS) is 1. The first-order valence-corrected chi connectivity index (χ1v) is 37.5. The molecule has 11 atom stereocenters. The molecule has 0 bridgehead atoms. The summed E-state index contributed by atoms with van der Waals surface area (Å²) in [6.07, 6.45) is 19.9. The van der Waals surface area contributed by atoms with Gasteiger partial charge in [-0.2, -0.15) is 0 Å². The Morgan fingerprint density at radius 2 is 0.970 bits per heavy atom. The summed E-state index contributed by atoms with van der Waals surface area (Å²) in [5.41, 5.74) is 0. The Morgan fingerprint density at radius 3 is 1.42 bits per heavy atom. The number of hydrogen-bond acceptors (Lipinski definition) is 6. The lowest BCUT2D eigenvalue weighted by Gasteiger charge is -2.44. The lowest BCUT2D eigenvalue weighted by Crippen LogP contribution is -2.48. The largest absolute Gasteiger partial charge is 0.478 e. The van der Waals surface area contributed by atoms with Crippen LogP contribution in [0.25, 0.3) is 0 Å². The molecule has 7 nitrogen and oxygen atoms in total. The highest BCUT2D eigenvalue weighted by Gasteiger charge is 2.45. The molecular formula is C56H110O7Si4. The quantitative estimate of drug-likeness (QED) is 0.0349. The van der Waals surface area contributed by atoms with Gasteiger partial charge in [-0.15, -0.1) is 0 Å². The van der Waals surface area contributed by atoms with Gasteiger partial charge in [0.1, 0.15) is 0 Å². The fourth-order valence-corrected chi connectivity index (χ4v) is 13.1. The number of rotatable bonds is 28. The SMILES string of the molecule is C=CC=C[C@H](C)[C@H](O)[C@@H](C)[C@H](CC[C@H](C)C[C@H](C)[C@@H](O[Si](C)(C)C(C)(C)C)[C@@H](C)C=C[C@H](C[C@H](O[Si](C)(C)C(C)(C)C)[C@H](C)C=CC=CC(=O)O)O[Si](C)(C)C(C)(C)C)O[Si](C)(C)C(C)(C)C. The Kier molecular flexibility index (Phi) is 26.0. The van der Waals surface area contributed by atoms with Gasteiger partial charge in [-0.1, -0.05) is 180 Å². The number of allylic oxidation sites excluding steroid dienone is 4. The second-order valence-corrected chi connectivity index (χ2v) is 45.8. The second kappa shape index (κ2) is 26.5. The summed E-state index contributed by atoms with van der Waals surface area (Å²) in [6, 6.07) is 0. The van der Waals surface area contributed by atoms with Gasteiger partial charge in [-0.3, -0.25) is 0 Å². The van der Waals surface area contributed by atoms with Crippen LogP contribution in [-0.2, 0) is 22.5 Å². The molecule has 0 aromatic carbocycles. The van der Waals surface area contributed by atoms with Crippen molar-refractivity contribution in [1.82, 2.24) is 0 Å². The molecule has 0 saturated heterocycles. The van der Waals surface area contributed by atoms with E-state index in [1.807, 2.05) is 18.2 Å². The normalized spacial score (nSPS) is 19.6. The van der Waals surface area contributed by atoms with Crippen molar-refractivity contribution in [2.24, 2.45) is 35.5 Å². The summed E-state index contributed by atoms with van der Waals surface area (Å²) < 4.78 is 29.2. The molecule has 0 aliphatic heterocycles. The molecule has 67 heavy (non-hydrogen) atoms. The minimum absolute atomic E-state index is 0.00525. The third kappa shape index (κ3) is 22.0. The fraction of sp³-hybridized carbons (Fsp3) is 0.804. The van der Waals surface area contributed by atoms with E-state index in [-0.39, 0.29) is 74.2 Å². The Bertz CT molecular complexity index is 1600. The average Bonchev–Trinajstić information content (AvgIpc) is 3.14. The third-order valence-electron chi connectivity index (χ3n) is 16.5. The highest BCUT2D eigenvalue weighted by Crippen LogP contribution is 2.44. The smallest absolute Gasteiger partial charge is 0.328 e. The molecule has 0 aromatic heterocycles. The van der Waals surface area contributed by atoms with E-state index in [9.17, 15) is 15.0 Å². The molecule has 0 fully saturated rings. The van der Waals surface area contributed by atoms with Crippen molar-refractivity contribution in [2.75, 3.05) is 0 Å². The highest BCUT2D eigenvalue weighted by molar-refractivity contribution is 6.75. The number of aliphatic hydroxyl groups excluding tert-OH is 1. The first-order chi connectivity index (χ1) is 29.9. The van der Waals surface area contributed by atoms with Gasteiger partial charge in [0.2, 0.25) is 0 Å². The van der Waals surface area contributed by atoms with Gasteiger partial charge in [0.15, 0.2) is 33.3 Å². The zero-order chi connectivity index (χ0) is 52.9. The van der Waals surface area contributed by atoms with Gasteiger partial charge in [0.25, 0.3) is 0 Å². The highest BCUT2D eigenvalue weighted by atomic mass is 28.4. The monoisotopic (exact) mass is 1010 g/mol. The molecule has 0 heterocycles. The van der Waals surface area contributed by atoms with Crippen LogP contribution in [0.15, 0.2) is 61.3 Å². The number of carbonyl (C=O) groups is 1. The topological polar surface area (TPSA) is 94.5 Å². The average molecular weight is 1010 g/mol. The van der Waals surface area contributed by atoms with Crippen LogP contribution in [0.5, 0.6) is 0 Å². The van der Waals surface area contributed by atoms with Crippen molar-refractivity contribution < 1.29 is 32.7 Å². The lowest BCUT2D eigenvalue weighted by atomic mass is 9.82. The molecule has 392 valence electrons. The summed E-state index contributed by atoms with van der Waals surface area (Å²) in [7, 11) is -8.74. The van der Waals surface area contributed by atoms with Gasteiger partial charge in [0, 0.05) is 24.3 Å². The number of carboxylic acids is 1. The van der Waals surface area contributed by atoms with Gasteiger partial charge in [0.05, 0.1) is 30.5 Å². The van der Waals surface area contributed by atoms with Crippen molar-refractivity contribution in [2.45, 2.75) is 253 Å². The van der Waals surface area contributed by atoms with E-state index >= 15 is 0 Å². The number of aliphatic carboxylic acids is 1. The molecule has 11 heteroatoms. The maximum Gasteiger partial charge on any atom is 0.328 e. The molecule has 0 unspecified atom stereocenters. The zero-order valence-corrected chi connectivity index (χ0v) is 52.5. The zero-order valence-electron chi connectivity index (χ0n) is 48.5. The molecule has 2 N–H and O–H groups in total. The molecule has 0 amide bonds. The first-order valence-electron chi connectivity index (χ1n) is 25.9.